The quantitative estimate of drug-likeness (QED) is 0.727. The van der Waals surface area contributed by atoms with Crippen LogP contribution < -0.4 is 10.6 Å². The number of nitrogens with one attached hydrogen (secondary N) is 2. The van der Waals surface area contributed by atoms with Crippen LogP contribution in [0, 0.1) is 18.6 Å². The van der Waals surface area contributed by atoms with Crippen molar-refractivity contribution in [3.63, 3.8) is 0 Å². The van der Waals surface area contributed by atoms with E-state index in [2.05, 4.69) is 15.6 Å². The Balaban J connectivity index is 1.77. The van der Waals surface area contributed by atoms with Crippen LogP contribution in [-0.4, -0.2) is 10.9 Å². The molecule has 0 radical (unpaired) electrons. The van der Waals surface area contributed by atoms with Gasteiger partial charge in [0, 0.05) is 23.6 Å². The van der Waals surface area contributed by atoms with Crippen LogP contribution in [-0.2, 0) is 0 Å². The van der Waals surface area contributed by atoms with Crippen molar-refractivity contribution < 1.29 is 13.6 Å². The Kier molecular flexibility index (Phi) is 4.70. The topological polar surface area (TPSA) is 54.0 Å². The first kappa shape index (κ1) is 16.6. The van der Waals surface area contributed by atoms with Crippen LogP contribution in [0.25, 0.3) is 0 Å². The molecular weight excluding hydrogens is 324 g/mol. The molecule has 4 nitrogen and oxygen atoms in total. The van der Waals surface area contributed by atoms with Gasteiger partial charge in [0.1, 0.15) is 17.3 Å². The van der Waals surface area contributed by atoms with E-state index in [0.29, 0.717) is 11.8 Å². The van der Waals surface area contributed by atoms with Crippen molar-refractivity contribution in [3.8, 4) is 0 Å². The van der Waals surface area contributed by atoms with Crippen molar-refractivity contribution in [3.05, 3.63) is 83.7 Å². The normalized spacial score (nSPS) is 10.4. The van der Waals surface area contributed by atoms with Gasteiger partial charge < -0.3 is 10.6 Å². The maximum Gasteiger partial charge on any atom is 0.274 e. The molecule has 3 rings (SSSR count). The summed E-state index contributed by atoms with van der Waals surface area (Å²) in [5, 5.41) is 5.56. The standard InChI is InChI=1S/C19H15F2N3O/c1-12-3-2-4-14(9-12)23-15-7-8-22-18(11-15)19(25)24-17-6-5-13(20)10-16(17)21/h2-11H,1H3,(H,22,23)(H,24,25). The number of anilines is 3. The maximum absolute atomic E-state index is 13.6. The van der Waals surface area contributed by atoms with Crippen molar-refractivity contribution in [2.45, 2.75) is 6.92 Å². The number of halogens is 2. The highest BCUT2D eigenvalue weighted by Gasteiger charge is 2.12. The Bertz CT molecular complexity index is 928. The number of aromatic nitrogens is 1. The number of rotatable bonds is 4. The molecule has 2 aromatic carbocycles. The second-order valence-corrected chi connectivity index (χ2v) is 5.50. The first-order valence-electron chi connectivity index (χ1n) is 7.57. The lowest BCUT2D eigenvalue weighted by atomic mass is 10.2. The van der Waals surface area contributed by atoms with Gasteiger partial charge >= 0.3 is 0 Å². The fraction of sp³-hybridized carbons (Fsp3) is 0.0526. The number of hydrogen-bond donors (Lipinski definition) is 2. The van der Waals surface area contributed by atoms with Crippen molar-refractivity contribution in [1.29, 1.82) is 0 Å². The van der Waals surface area contributed by atoms with Crippen LogP contribution in [0.4, 0.5) is 25.8 Å². The Morgan fingerprint density at radius 3 is 2.56 bits per heavy atom. The molecular formula is C19H15F2N3O. The second kappa shape index (κ2) is 7.09. The zero-order valence-corrected chi connectivity index (χ0v) is 13.4. The number of carbonyl (C=O) groups is 1. The number of nitrogens with zero attached hydrogens (tertiary/aromatic N) is 1. The largest absolute Gasteiger partial charge is 0.355 e. The average molecular weight is 339 g/mol. The van der Waals surface area contributed by atoms with Crippen molar-refractivity contribution in [2.75, 3.05) is 10.6 Å². The molecule has 126 valence electrons. The molecule has 1 amide bonds. The molecule has 0 spiro atoms. The highest BCUT2D eigenvalue weighted by molar-refractivity contribution is 6.03. The Morgan fingerprint density at radius 2 is 1.80 bits per heavy atom. The molecule has 1 aromatic heterocycles. The number of amides is 1. The highest BCUT2D eigenvalue weighted by Crippen LogP contribution is 2.19. The van der Waals surface area contributed by atoms with Gasteiger partial charge in [0.05, 0.1) is 5.69 Å². The van der Waals surface area contributed by atoms with Crippen LogP contribution in [0.3, 0.4) is 0 Å². The second-order valence-electron chi connectivity index (χ2n) is 5.50. The van der Waals surface area contributed by atoms with E-state index < -0.39 is 17.5 Å². The van der Waals surface area contributed by atoms with E-state index in [-0.39, 0.29) is 11.4 Å². The van der Waals surface area contributed by atoms with E-state index in [0.717, 1.165) is 23.4 Å². The smallest absolute Gasteiger partial charge is 0.274 e. The Labute approximate surface area is 143 Å². The molecule has 1 heterocycles. The number of hydrogen-bond acceptors (Lipinski definition) is 3. The molecule has 6 heteroatoms. The molecule has 0 saturated heterocycles. The zero-order valence-electron chi connectivity index (χ0n) is 13.4. The maximum atomic E-state index is 13.6. The summed E-state index contributed by atoms with van der Waals surface area (Å²) >= 11 is 0. The van der Waals surface area contributed by atoms with Crippen LogP contribution in [0.1, 0.15) is 16.1 Å². The summed E-state index contributed by atoms with van der Waals surface area (Å²) in [6, 6.07) is 14.0. The summed E-state index contributed by atoms with van der Waals surface area (Å²) in [5.74, 6) is -2.14. The predicted octanol–water partition coefficient (Wildman–Crippen LogP) is 4.66. The van der Waals surface area contributed by atoms with Gasteiger partial charge in [-0.05, 0) is 48.9 Å². The van der Waals surface area contributed by atoms with Gasteiger partial charge in [-0.1, -0.05) is 12.1 Å². The van der Waals surface area contributed by atoms with Crippen LogP contribution >= 0.6 is 0 Å². The third kappa shape index (κ3) is 4.17. The average Bonchev–Trinajstić information content (AvgIpc) is 2.57. The van der Waals surface area contributed by atoms with E-state index in [4.69, 9.17) is 0 Å². The summed E-state index contributed by atoms with van der Waals surface area (Å²) in [6.07, 6.45) is 1.48. The molecule has 0 unspecified atom stereocenters. The van der Waals surface area contributed by atoms with Crippen molar-refractivity contribution in [2.24, 2.45) is 0 Å². The van der Waals surface area contributed by atoms with E-state index in [1.54, 1.807) is 12.1 Å². The number of aryl methyl sites for hydroxylation is 1. The summed E-state index contributed by atoms with van der Waals surface area (Å²) in [7, 11) is 0. The number of carbonyl (C=O) groups excluding carboxylic acids is 1. The van der Waals surface area contributed by atoms with Gasteiger partial charge in [-0.15, -0.1) is 0 Å². The molecule has 0 bridgehead atoms. The minimum Gasteiger partial charge on any atom is -0.355 e. The fourth-order valence-corrected chi connectivity index (χ4v) is 2.30. The third-order valence-electron chi connectivity index (χ3n) is 3.48. The van der Waals surface area contributed by atoms with E-state index in [1.165, 1.54) is 6.20 Å². The molecule has 3 aromatic rings. The molecule has 0 fully saturated rings. The first-order valence-corrected chi connectivity index (χ1v) is 7.57. The lowest BCUT2D eigenvalue weighted by molar-refractivity contribution is 0.102. The summed E-state index contributed by atoms with van der Waals surface area (Å²) in [5.41, 5.74) is 2.66. The number of benzene rings is 2. The summed E-state index contributed by atoms with van der Waals surface area (Å²) in [6.45, 7) is 1.98. The monoisotopic (exact) mass is 339 g/mol. The van der Waals surface area contributed by atoms with Gasteiger partial charge in [-0.25, -0.2) is 8.78 Å². The molecule has 25 heavy (non-hydrogen) atoms. The highest BCUT2D eigenvalue weighted by atomic mass is 19.1. The minimum atomic E-state index is -0.845. The zero-order chi connectivity index (χ0) is 17.8. The van der Waals surface area contributed by atoms with E-state index >= 15 is 0 Å². The van der Waals surface area contributed by atoms with Crippen molar-refractivity contribution in [1.82, 2.24) is 4.98 Å². The Hall–Kier alpha value is -3.28. The lowest BCUT2D eigenvalue weighted by Gasteiger charge is -2.09. The van der Waals surface area contributed by atoms with Gasteiger partial charge in [-0.2, -0.15) is 0 Å². The molecule has 0 aliphatic carbocycles. The fourth-order valence-electron chi connectivity index (χ4n) is 2.30. The van der Waals surface area contributed by atoms with Gasteiger partial charge in [-0.3, -0.25) is 9.78 Å². The minimum absolute atomic E-state index is 0.106. The third-order valence-corrected chi connectivity index (χ3v) is 3.48. The predicted molar refractivity (Wildman–Crippen MR) is 93.0 cm³/mol. The lowest BCUT2D eigenvalue weighted by Crippen LogP contribution is -2.15. The SMILES string of the molecule is Cc1cccc(Nc2ccnc(C(=O)Nc3ccc(F)cc3F)c2)c1. The van der Waals surface area contributed by atoms with E-state index in [9.17, 15) is 13.6 Å². The Morgan fingerprint density at radius 1 is 1.00 bits per heavy atom. The summed E-state index contributed by atoms with van der Waals surface area (Å²) in [4.78, 5) is 16.2. The number of pyridine rings is 1. The summed E-state index contributed by atoms with van der Waals surface area (Å²) < 4.78 is 26.6. The molecule has 0 atom stereocenters. The van der Waals surface area contributed by atoms with Gasteiger partial charge in [0.15, 0.2) is 0 Å². The van der Waals surface area contributed by atoms with Crippen LogP contribution in [0.2, 0.25) is 0 Å². The molecule has 0 saturated carbocycles. The van der Waals surface area contributed by atoms with Crippen LogP contribution in [0.5, 0.6) is 0 Å². The molecule has 2 N–H and O–H groups in total. The van der Waals surface area contributed by atoms with Gasteiger partial charge in [0.2, 0.25) is 0 Å². The first-order chi connectivity index (χ1) is 12.0. The van der Waals surface area contributed by atoms with Gasteiger partial charge in [0.25, 0.3) is 5.91 Å². The van der Waals surface area contributed by atoms with E-state index in [1.807, 2.05) is 31.2 Å². The van der Waals surface area contributed by atoms with Crippen molar-refractivity contribution >= 4 is 23.0 Å². The molecule has 0 aliphatic rings. The molecule has 0 aliphatic heterocycles. The van der Waals surface area contributed by atoms with Crippen LogP contribution in [0.15, 0.2) is 60.8 Å².